The Morgan fingerprint density at radius 1 is 1.19 bits per heavy atom. The smallest absolute Gasteiger partial charge is 0.240 e. The predicted molar refractivity (Wildman–Crippen MR) is 82.2 cm³/mol. The van der Waals surface area contributed by atoms with Gasteiger partial charge in [-0.3, -0.25) is 4.98 Å². The highest BCUT2D eigenvalue weighted by atomic mass is 32.2. The van der Waals surface area contributed by atoms with Crippen molar-refractivity contribution in [3.63, 3.8) is 0 Å². The lowest BCUT2D eigenvalue weighted by atomic mass is 10.2. The second-order valence-electron chi connectivity index (χ2n) is 4.80. The van der Waals surface area contributed by atoms with Crippen molar-refractivity contribution in [3.8, 4) is 0 Å². The molecule has 0 amide bonds. The number of benzene rings is 1. The van der Waals surface area contributed by atoms with Gasteiger partial charge in [0.15, 0.2) is 0 Å². The van der Waals surface area contributed by atoms with E-state index in [2.05, 4.69) is 15.0 Å². The van der Waals surface area contributed by atoms with Gasteiger partial charge in [-0.2, -0.15) is 0 Å². The second-order valence-corrected chi connectivity index (χ2v) is 6.57. The Bertz CT molecular complexity index is 714. The number of aromatic nitrogens is 1. The number of rotatable bonds is 6. The van der Waals surface area contributed by atoms with Gasteiger partial charge in [-0.1, -0.05) is 12.1 Å². The van der Waals surface area contributed by atoms with E-state index in [4.69, 9.17) is 0 Å². The third kappa shape index (κ3) is 4.10. The summed E-state index contributed by atoms with van der Waals surface area (Å²) in [5.74, 6) is 0. The van der Waals surface area contributed by atoms with Crippen LogP contribution in [-0.2, 0) is 23.1 Å². The van der Waals surface area contributed by atoms with E-state index in [1.165, 1.54) is 0 Å². The summed E-state index contributed by atoms with van der Waals surface area (Å²) in [5, 5.41) is 3.01. The van der Waals surface area contributed by atoms with Crippen LogP contribution in [0.3, 0.4) is 0 Å². The molecule has 1 aromatic heterocycles. The summed E-state index contributed by atoms with van der Waals surface area (Å²) in [7, 11) is -1.69. The lowest BCUT2D eigenvalue weighted by molar-refractivity contribution is 0.581. The highest BCUT2D eigenvalue weighted by Crippen LogP contribution is 2.13. The van der Waals surface area contributed by atoms with Gasteiger partial charge in [0.2, 0.25) is 10.0 Å². The van der Waals surface area contributed by atoms with Gasteiger partial charge < -0.3 is 5.32 Å². The first-order valence-corrected chi connectivity index (χ1v) is 8.14. The van der Waals surface area contributed by atoms with E-state index in [-0.39, 0.29) is 11.4 Å². The molecule has 0 spiro atoms. The molecule has 0 saturated carbocycles. The van der Waals surface area contributed by atoms with Crippen LogP contribution >= 0.6 is 0 Å². The van der Waals surface area contributed by atoms with Crippen molar-refractivity contribution in [2.75, 3.05) is 7.05 Å². The minimum Gasteiger partial charge on any atom is -0.316 e. The topological polar surface area (TPSA) is 71.1 Å². The van der Waals surface area contributed by atoms with Crippen LogP contribution in [-0.4, -0.2) is 20.4 Å². The van der Waals surface area contributed by atoms with Crippen molar-refractivity contribution < 1.29 is 8.42 Å². The van der Waals surface area contributed by atoms with Crippen molar-refractivity contribution in [2.45, 2.75) is 24.9 Å². The van der Waals surface area contributed by atoms with E-state index in [0.717, 1.165) is 16.7 Å². The minimum atomic E-state index is -3.51. The summed E-state index contributed by atoms with van der Waals surface area (Å²) >= 11 is 0. The number of hydrogen-bond donors (Lipinski definition) is 2. The van der Waals surface area contributed by atoms with Crippen molar-refractivity contribution in [1.29, 1.82) is 0 Å². The monoisotopic (exact) mass is 305 g/mol. The SMILES string of the molecule is CNCc1cccc(S(=O)(=O)NCc2ccncc2C)c1. The Morgan fingerprint density at radius 3 is 2.71 bits per heavy atom. The molecule has 0 saturated heterocycles. The van der Waals surface area contributed by atoms with E-state index in [1.54, 1.807) is 30.6 Å². The second kappa shape index (κ2) is 6.80. The lowest BCUT2D eigenvalue weighted by Crippen LogP contribution is -2.24. The third-order valence-electron chi connectivity index (χ3n) is 3.18. The normalized spacial score (nSPS) is 11.5. The van der Waals surface area contributed by atoms with E-state index >= 15 is 0 Å². The molecule has 0 unspecified atom stereocenters. The van der Waals surface area contributed by atoms with Crippen molar-refractivity contribution in [1.82, 2.24) is 15.0 Å². The number of pyridine rings is 1. The van der Waals surface area contributed by atoms with Gasteiger partial charge in [-0.25, -0.2) is 13.1 Å². The van der Waals surface area contributed by atoms with E-state index in [0.29, 0.717) is 6.54 Å². The van der Waals surface area contributed by atoms with Gasteiger partial charge >= 0.3 is 0 Å². The Labute approximate surface area is 125 Å². The Morgan fingerprint density at radius 2 is 2.00 bits per heavy atom. The molecule has 2 rings (SSSR count). The average Bonchev–Trinajstić information content (AvgIpc) is 2.47. The molecule has 0 bridgehead atoms. The van der Waals surface area contributed by atoms with Gasteiger partial charge in [0.25, 0.3) is 0 Å². The molecule has 21 heavy (non-hydrogen) atoms. The third-order valence-corrected chi connectivity index (χ3v) is 4.58. The first-order chi connectivity index (χ1) is 10.0. The molecule has 2 N–H and O–H groups in total. The number of hydrogen-bond acceptors (Lipinski definition) is 4. The van der Waals surface area contributed by atoms with Crippen molar-refractivity contribution in [2.24, 2.45) is 0 Å². The maximum atomic E-state index is 12.3. The van der Waals surface area contributed by atoms with E-state index in [9.17, 15) is 8.42 Å². The van der Waals surface area contributed by atoms with Gasteiger partial charge in [0.1, 0.15) is 0 Å². The van der Waals surface area contributed by atoms with Gasteiger partial charge in [0, 0.05) is 25.5 Å². The fourth-order valence-electron chi connectivity index (χ4n) is 1.98. The van der Waals surface area contributed by atoms with Crippen molar-refractivity contribution in [3.05, 3.63) is 59.4 Å². The van der Waals surface area contributed by atoms with Crippen molar-refractivity contribution >= 4 is 10.0 Å². The number of nitrogens with zero attached hydrogens (tertiary/aromatic N) is 1. The molecule has 112 valence electrons. The molecular formula is C15H19N3O2S. The summed E-state index contributed by atoms with van der Waals surface area (Å²) < 4.78 is 27.3. The summed E-state index contributed by atoms with van der Waals surface area (Å²) in [6.07, 6.45) is 3.38. The first kappa shape index (κ1) is 15.6. The molecule has 1 heterocycles. The summed E-state index contributed by atoms with van der Waals surface area (Å²) in [6, 6.07) is 8.73. The van der Waals surface area contributed by atoms with Gasteiger partial charge in [0.05, 0.1) is 4.90 Å². The highest BCUT2D eigenvalue weighted by Gasteiger charge is 2.14. The molecule has 0 aliphatic rings. The molecule has 1 aromatic carbocycles. The number of aryl methyl sites for hydroxylation is 1. The van der Waals surface area contributed by atoms with Crippen LogP contribution in [0.4, 0.5) is 0 Å². The molecule has 0 aliphatic carbocycles. The maximum Gasteiger partial charge on any atom is 0.240 e. The average molecular weight is 305 g/mol. The molecule has 0 fully saturated rings. The zero-order chi connectivity index (χ0) is 15.3. The summed E-state index contributed by atoms with van der Waals surface area (Å²) in [6.45, 7) is 2.80. The molecule has 0 aliphatic heterocycles. The molecule has 0 atom stereocenters. The zero-order valence-electron chi connectivity index (χ0n) is 12.1. The fourth-order valence-corrected chi connectivity index (χ4v) is 3.06. The van der Waals surface area contributed by atoms with E-state index in [1.807, 2.05) is 26.1 Å². The van der Waals surface area contributed by atoms with Crippen LogP contribution in [0.5, 0.6) is 0 Å². The molecular weight excluding hydrogens is 286 g/mol. The Balaban J connectivity index is 2.15. The van der Waals surface area contributed by atoms with Gasteiger partial charge in [-0.15, -0.1) is 0 Å². The standard InChI is InChI=1S/C15H19N3O2S/c1-12-9-17-7-6-14(12)11-18-21(19,20)15-5-3-4-13(8-15)10-16-2/h3-9,16,18H,10-11H2,1-2H3. The summed E-state index contributed by atoms with van der Waals surface area (Å²) in [4.78, 5) is 4.27. The minimum absolute atomic E-state index is 0.257. The fraction of sp³-hybridized carbons (Fsp3) is 0.267. The molecule has 6 heteroatoms. The van der Waals surface area contributed by atoms with Crippen LogP contribution in [0.2, 0.25) is 0 Å². The molecule has 0 radical (unpaired) electrons. The van der Waals surface area contributed by atoms with Crippen LogP contribution in [0.1, 0.15) is 16.7 Å². The van der Waals surface area contributed by atoms with Crippen LogP contribution in [0, 0.1) is 6.92 Å². The maximum absolute atomic E-state index is 12.3. The Kier molecular flexibility index (Phi) is 5.06. The Hall–Kier alpha value is -1.76. The molecule has 2 aromatic rings. The summed E-state index contributed by atoms with van der Waals surface area (Å²) in [5.41, 5.74) is 2.81. The van der Waals surface area contributed by atoms with Crippen LogP contribution in [0.15, 0.2) is 47.6 Å². The zero-order valence-corrected chi connectivity index (χ0v) is 12.9. The van der Waals surface area contributed by atoms with Gasteiger partial charge in [-0.05, 0) is 48.9 Å². The molecule has 5 nitrogen and oxygen atoms in total. The van der Waals surface area contributed by atoms with E-state index < -0.39 is 10.0 Å². The first-order valence-electron chi connectivity index (χ1n) is 6.65. The lowest BCUT2D eigenvalue weighted by Gasteiger charge is -2.09. The number of nitrogens with one attached hydrogen (secondary N) is 2. The van der Waals surface area contributed by atoms with Crippen LogP contribution in [0.25, 0.3) is 0 Å². The van der Waals surface area contributed by atoms with Crippen LogP contribution < -0.4 is 10.0 Å². The largest absolute Gasteiger partial charge is 0.316 e. The number of sulfonamides is 1. The quantitative estimate of drug-likeness (QED) is 0.850. The predicted octanol–water partition coefficient (Wildman–Crippen LogP) is 1.59. The highest BCUT2D eigenvalue weighted by molar-refractivity contribution is 7.89.